The normalized spacial score (nSPS) is 15.0. The molecule has 4 nitrogen and oxygen atoms in total. The van der Waals surface area contributed by atoms with Crippen molar-refractivity contribution in [2.75, 3.05) is 13.1 Å². The van der Waals surface area contributed by atoms with Crippen LogP contribution in [0.2, 0.25) is 0 Å². The number of amides is 1. The van der Waals surface area contributed by atoms with Gasteiger partial charge in [0, 0.05) is 28.5 Å². The number of rotatable bonds is 8. The van der Waals surface area contributed by atoms with Gasteiger partial charge in [-0.15, -0.1) is 12.4 Å². The van der Waals surface area contributed by atoms with Gasteiger partial charge in [0.2, 0.25) is 0 Å². The highest BCUT2D eigenvalue weighted by Crippen LogP contribution is 2.34. The lowest BCUT2D eigenvalue weighted by Crippen LogP contribution is -2.25. The first-order valence-electron chi connectivity index (χ1n) is 9.40. The maximum Gasteiger partial charge on any atom is 0.287 e. The molecule has 6 heteroatoms. The van der Waals surface area contributed by atoms with Gasteiger partial charge in [0.15, 0.2) is 5.76 Å². The van der Waals surface area contributed by atoms with Gasteiger partial charge < -0.3 is 15.5 Å². The summed E-state index contributed by atoms with van der Waals surface area (Å²) >= 11 is 1.98. The molecule has 1 aromatic carbocycles. The van der Waals surface area contributed by atoms with E-state index in [-0.39, 0.29) is 18.3 Å². The number of halogens is 1. The highest BCUT2D eigenvalue weighted by molar-refractivity contribution is 7.99. The fourth-order valence-corrected chi connectivity index (χ4v) is 4.77. The molecule has 0 spiro atoms. The summed E-state index contributed by atoms with van der Waals surface area (Å²) in [5, 5.41) is 4.75. The van der Waals surface area contributed by atoms with Crippen LogP contribution in [0, 0.1) is 0 Å². The summed E-state index contributed by atoms with van der Waals surface area (Å²) < 4.78 is 5.91. The minimum Gasteiger partial charge on any atom is -0.451 e. The zero-order chi connectivity index (χ0) is 17.5. The zero-order valence-electron chi connectivity index (χ0n) is 15.2. The molecule has 1 fully saturated rings. The van der Waals surface area contributed by atoms with Crippen molar-refractivity contribution < 1.29 is 9.21 Å². The van der Waals surface area contributed by atoms with E-state index in [1.165, 1.54) is 32.1 Å². The van der Waals surface area contributed by atoms with Crippen LogP contribution in [0.3, 0.4) is 0 Å². The van der Waals surface area contributed by atoms with E-state index in [1.807, 2.05) is 30.0 Å². The molecular formula is C20H29ClN2O2S. The van der Waals surface area contributed by atoms with Crippen molar-refractivity contribution in [2.24, 2.45) is 5.73 Å². The van der Waals surface area contributed by atoms with Crippen LogP contribution in [0.4, 0.5) is 0 Å². The molecule has 3 N–H and O–H groups in total. The molecule has 0 unspecified atom stereocenters. The fourth-order valence-electron chi connectivity index (χ4n) is 3.41. The molecule has 1 aliphatic carbocycles. The lowest BCUT2D eigenvalue weighted by molar-refractivity contribution is 0.0926. The first-order chi connectivity index (χ1) is 12.3. The molecule has 1 heterocycles. The number of hydrogen-bond acceptors (Lipinski definition) is 4. The molecular weight excluding hydrogens is 368 g/mol. The van der Waals surface area contributed by atoms with Crippen molar-refractivity contribution in [3.8, 4) is 0 Å². The lowest BCUT2D eigenvalue weighted by atomic mass is 10.0. The number of carbonyl (C=O) groups excluding carboxylic acids is 1. The summed E-state index contributed by atoms with van der Waals surface area (Å²) in [4.78, 5) is 12.6. The lowest BCUT2D eigenvalue weighted by Gasteiger charge is -2.20. The number of unbranched alkanes of at least 4 members (excludes halogenated alkanes) is 1. The average Bonchev–Trinajstić information content (AvgIpc) is 3.03. The van der Waals surface area contributed by atoms with E-state index in [2.05, 4.69) is 11.4 Å². The number of thioether (sulfide) groups is 1. The molecule has 0 saturated heterocycles. The van der Waals surface area contributed by atoms with E-state index in [9.17, 15) is 4.79 Å². The Morgan fingerprint density at radius 2 is 1.96 bits per heavy atom. The third kappa shape index (κ3) is 5.41. The zero-order valence-corrected chi connectivity index (χ0v) is 16.8. The Morgan fingerprint density at radius 1 is 1.19 bits per heavy atom. The Morgan fingerprint density at radius 3 is 2.73 bits per heavy atom. The summed E-state index contributed by atoms with van der Waals surface area (Å²) in [6.07, 6.45) is 8.43. The number of carbonyl (C=O) groups is 1. The van der Waals surface area contributed by atoms with E-state index >= 15 is 0 Å². The fraction of sp³-hybridized carbons (Fsp3) is 0.550. The molecule has 3 rings (SSSR count). The van der Waals surface area contributed by atoms with Crippen molar-refractivity contribution in [3.05, 3.63) is 35.6 Å². The number of para-hydroxylation sites is 1. The Hall–Kier alpha value is -1.17. The Kier molecular flexibility index (Phi) is 8.82. The number of nitrogens with two attached hydrogens (primary N) is 1. The van der Waals surface area contributed by atoms with Gasteiger partial charge in [-0.25, -0.2) is 0 Å². The molecule has 0 atom stereocenters. The molecule has 1 saturated carbocycles. The predicted molar refractivity (Wildman–Crippen MR) is 112 cm³/mol. The number of hydrogen-bond donors (Lipinski definition) is 2. The van der Waals surface area contributed by atoms with Crippen LogP contribution < -0.4 is 11.1 Å². The number of furan rings is 1. The van der Waals surface area contributed by atoms with E-state index in [1.54, 1.807) is 0 Å². The van der Waals surface area contributed by atoms with Crippen LogP contribution >= 0.6 is 24.2 Å². The topological polar surface area (TPSA) is 68.3 Å². The third-order valence-electron chi connectivity index (χ3n) is 4.84. The van der Waals surface area contributed by atoms with Gasteiger partial charge in [0.05, 0.1) is 0 Å². The highest BCUT2D eigenvalue weighted by Gasteiger charge is 2.22. The molecule has 0 bridgehead atoms. The molecule has 0 aliphatic heterocycles. The largest absolute Gasteiger partial charge is 0.451 e. The average molecular weight is 397 g/mol. The minimum absolute atomic E-state index is 0. The molecule has 1 amide bonds. The Balaban J connectivity index is 0.00000243. The van der Waals surface area contributed by atoms with E-state index in [0.29, 0.717) is 24.1 Å². The smallest absolute Gasteiger partial charge is 0.287 e. The summed E-state index contributed by atoms with van der Waals surface area (Å²) in [5.41, 5.74) is 7.35. The van der Waals surface area contributed by atoms with E-state index in [4.69, 9.17) is 10.2 Å². The van der Waals surface area contributed by atoms with E-state index in [0.717, 1.165) is 35.1 Å². The molecule has 1 aliphatic rings. The van der Waals surface area contributed by atoms with Crippen molar-refractivity contribution in [3.63, 3.8) is 0 Å². The monoisotopic (exact) mass is 396 g/mol. The van der Waals surface area contributed by atoms with E-state index < -0.39 is 0 Å². The van der Waals surface area contributed by atoms with Crippen molar-refractivity contribution >= 4 is 41.0 Å². The summed E-state index contributed by atoms with van der Waals surface area (Å²) in [7, 11) is 0. The maximum atomic E-state index is 12.6. The standard InChI is InChI=1S/C20H28N2O2S.ClH/c21-12-6-7-13-22-20(23)19-17(14-25-15-8-2-1-3-9-15)16-10-4-5-11-18(16)24-19;/h4-5,10-11,15H,1-3,6-9,12-14,21H2,(H,22,23);1H. The first-order valence-corrected chi connectivity index (χ1v) is 10.4. The summed E-state index contributed by atoms with van der Waals surface area (Å²) in [5.74, 6) is 1.22. The third-order valence-corrected chi connectivity index (χ3v) is 6.23. The minimum atomic E-state index is -0.104. The number of benzene rings is 1. The van der Waals surface area contributed by atoms with Crippen LogP contribution in [0.5, 0.6) is 0 Å². The molecule has 1 aromatic heterocycles. The van der Waals surface area contributed by atoms with Gasteiger partial charge in [0.25, 0.3) is 5.91 Å². The van der Waals surface area contributed by atoms with Gasteiger partial charge in [-0.3, -0.25) is 4.79 Å². The Labute approximate surface area is 166 Å². The van der Waals surface area contributed by atoms with Crippen LogP contribution in [0.1, 0.15) is 61.1 Å². The second kappa shape index (κ2) is 10.9. The maximum absolute atomic E-state index is 12.6. The Bertz CT molecular complexity index is 698. The molecule has 0 radical (unpaired) electrons. The van der Waals surface area contributed by atoms with Crippen molar-refractivity contribution in [2.45, 2.75) is 55.9 Å². The number of fused-ring (bicyclic) bond motifs is 1. The molecule has 2 aromatic rings. The predicted octanol–water partition coefficient (Wildman–Crippen LogP) is 4.89. The van der Waals surface area contributed by atoms with Crippen molar-refractivity contribution in [1.29, 1.82) is 0 Å². The van der Waals surface area contributed by atoms with Crippen LogP contribution in [0.15, 0.2) is 28.7 Å². The van der Waals surface area contributed by atoms with Gasteiger partial charge >= 0.3 is 0 Å². The van der Waals surface area contributed by atoms with Crippen LogP contribution in [-0.4, -0.2) is 24.2 Å². The summed E-state index contributed by atoms with van der Waals surface area (Å²) in [6, 6.07) is 7.96. The van der Waals surface area contributed by atoms with Crippen molar-refractivity contribution in [1.82, 2.24) is 5.32 Å². The van der Waals surface area contributed by atoms with Gasteiger partial charge in [-0.2, -0.15) is 11.8 Å². The quantitative estimate of drug-likeness (QED) is 0.623. The van der Waals surface area contributed by atoms with Crippen LogP contribution in [-0.2, 0) is 5.75 Å². The molecule has 144 valence electrons. The second-order valence-electron chi connectivity index (χ2n) is 6.73. The summed E-state index contributed by atoms with van der Waals surface area (Å²) in [6.45, 7) is 1.30. The SMILES string of the molecule is Cl.NCCCCNC(=O)c1oc2ccccc2c1CSC1CCCCC1. The van der Waals surface area contributed by atoms with Crippen LogP contribution in [0.25, 0.3) is 11.0 Å². The second-order valence-corrected chi connectivity index (χ2v) is 8.02. The van der Waals surface area contributed by atoms with Gasteiger partial charge in [0.1, 0.15) is 5.58 Å². The first kappa shape index (κ1) is 21.1. The molecule has 26 heavy (non-hydrogen) atoms. The van der Waals surface area contributed by atoms with Gasteiger partial charge in [-0.1, -0.05) is 37.5 Å². The van der Waals surface area contributed by atoms with Gasteiger partial charge in [-0.05, 0) is 38.3 Å². The number of nitrogens with one attached hydrogen (secondary N) is 1. The highest BCUT2D eigenvalue weighted by atomic mass is 35.5.